The van der Waals surface area contributed by atoms with Gasteiger partial charge in [-0.05, 0) is 11.8 Å². The lowest BCUT2D eigenvalue weighted by molar-refractivity contribution is 0.724. The number of hydrogen-bond acceptors (Lipinski definition) is 0. The average Bonchev–Trinajstić information content (AvgIpc) is 2.17. The molecular formula is C6H11B. The van der Waals surface area contributed by atoms with Gasteiger partial charge in [0.25, 0.3) is 0 Å². The molecule has 1 rings (SSSR count). The summed E-state index contributed by atoms with van der Waals surface area (Å²) in [6.45, 7) is 4.42. The van der Waals surface area contributed by atoms with Crippen molar-refractivity contribution < 1.29 is 0 Å². The molecule has 0 nitrogen and oxygen atoms in total. The second kappa shape index (κ2) is 1.54. The Morgan fingerprint density at radius 3 is 2.00 bits per heavy atom. The van der Waals surface area contributed by atoms with Crippen molar-refractivity contribution in [2.75, 3.05) is 0 Å². The van der Waals surface area contributed by atoms with Crippen LogP contribution >= 0.6 is 0 Å². The quantitative estimate of drug-likeness (QED) is 0.433. The summed E-state index contributed by atoms with van der Waals surface area (Å²) >= 11 is 0. The lowest BCUT2D eigenvalue weighted by atomic mass is 9.98. The van der Waals surface area contributed by atoms with E-state index >= 15 is 0 Å². The number of hydrogen-bond donors (Lipinski definition) is 0. The van der Waals surface area contributed by atoms with Crippen LogP contribution in [0.1, 0.15) is 20.3 Å². The minimum Gasteiger partial charge on any atom is -0.0716 e. The molecule has 3 atom stereocenters. The van der Waals surface area contributed by atoms with Gasteiger partial charge >= 0.3 is 0 Å². The monoisotopic (exact) mass is 94.1 g/mol. The van der Waals surface area contributed by atoms with Gasteiger partial charge in [-0.2, -0.15) is 0 Å². The molecule has 0 aliphatic heterocycles. The molecule has 0 spiro atoms. The fourth-order valence-electron chi connectivity index (χ4n) is 1.22. The zero-order valence-electron chi connectivity index (χ0n) is 5.02. The van der Waals surface area contributed by atoms with E-state index < -0.39 is 0 Å². The molecule has 0 aromatic rings. The summed E-state index contributed by atoms with van der Waals surface area (Å²) in [4.78, 5) is 0. The molecule has 0 saturated heterocycles. The first-order valence-corrected chi connectivity index (χ1v) is 3.03. The van der Waals surface area contributed by atoms with E-state index in [4.69, 9.17) is 7.85 Å². The third kappa shape index (κ3) is 0.688. The molecule has 1 aliphatic carbocycles. The van der Waals surface area contributed by atoms with Gasteiger partial charge in [0.15, 0.2) is 0 Å². The van der Waals surface area contributed by atoms with Crippen molar-refractivity contribution in [1.29, 1.82) is 0 Å². The SMILES string of the molecule is [B]C1C(C)C1CC. The maximum absolute atomic E-state index is 5.62. The Balaban J connectivity index is 2.24. The van der Waals surface area contributed by atoms with Crippen LogP contribution in [0, 0.1) is 11.8 Å². The van der Waals surface area contributed by atoms with Gasteiger partial charge < -0.3 is 0 Å². The largest absolute Gasteiger partial charge is 0.0716 e. The van der Waals surface area contributed by atoms with E-state index in [1.54, 1.807) is 0 Å². The van der Waals surface area contributed by atoms with Crippen molar-refractivity contribution in [3.8, 4) is 0 Å². The maximum atomic E-state index is 5.62. The van der Waals surface area contributed by atoms with Crippen molar-refractivity contribution >= 4 is 7.85 Å². The average molecular weight is 94.0 g/mol. The van der Waals surface area contributed by atoms with Crippen LogP contribution in [0.4, 0.5) is 0 Å². The molecule has 3 unspecified atom stereocenters. The predicted octanol–water partition coefficient (Wildman–Crippen LogP) is 1.62. The third-order valence-electron chi connectivity index (χ3n) is 2.11. The van der Waals surface area contributed by atoms with Crippen molar-refractivity contribution in [3.05, 3.63) is 0 Å². The van der Waals surface area contributed by atoms with E-state index in [0.717, 1.165) is 11.8 Å². The molecule has 0 bridgehead atoms. The first kappa shape index (κ1) is 5.21. The summed E-state index contributed by atoms with van der Waals surface area (Å²) in [6.07, 6.45) is 1.27. The summed E-state index contributed by atoms with van der Waals surface area (Å²) in [5.41, 5.74) is 0. The van der Waals surface area contributed by atoms with Gasteiger partial charge in [0, 0.05) is 0 Å². The van der Waals surface area contributed by atoms with Crippen molar-refractivity contribution in [2.45, 2.75) is 26.1 Å². The van der Waals surface area contributed by atoms with E-state index in [-0.39, 0.29) is 0 Å². The Bertz CT molecular complexity index is 62.6. The van der Waals surface area contributed by atoms with Crippen LogP contribution in [0.5, 0.6) is 0 Å². The Kier molecular flexibility index (Phi) is 1.14. The van der Waals surface area contributed by atoms with E-state index in [9.17, 15) is 0 Å². The summed E-state index contributed by atoms with van der Waals surface area (Å²) in [7, 11) is 5.62. The molecule has 0 aromatic carbocycles. The van der Waals surface area contributed by atoms with Crippen LogP contribution in [0.25, 0.3) is 0 Å². The van der Waals surface area contributed by atoms with Gasteiger partial charge in [0.2, 0.25) is 0 Å². The van der Waals surface area contributed by atoms with Crippen LogP contribution in [-0.2, 0) is 0 Å². The van der Waals surface area contributed by atoms with Gasteiger partial charge in [0.05, 0.1) is 7.85 Å². The first-order valence-electron chi connectivity index (χ1n) is 3.03. The highest BCUT2D eigenvalue weighted by atomic mass is 14.4. The summed E-state index contributed by atoms with van der Waals surface area (Å²) in [5.74, 6) is 2.19. The molecule has 1 fully saturated rings. The highest BCUT2D eigenvalue weighted by Gasteiger charge is 2.39. The lowest BCUT2D eigenvalue weighted by Gasteiger charge is -1.80. The van der Waals surface area contributed by atoms with Crippen LogP contribution in [0.2, 0.25) is 5.82 Å². The van der Waals surface area contributed by atoms with Gasteiger partial charge in [-0.3, -0.25) is 0 Å². The predicted molar refractivity (Wildman–Crippen MR) is 32.4 cm³/mol. The van der Waals surface area contributed by atoms with E-state index in [1.807, 2.05) is 0 Å². The minimum atomic E-state index is 0.532. The molecule has 2 radical (unpaired) electrons. The smallest absolute Gasteiger partial charge is 0.0707 e. The van der Waals surface area contributed by atoms with E-state index in [2.05, 4.69) is 13.8 Å². The molecular weight excluding hydrogens is 82.9 g/mol. The Morgan fingerprint density at radius 1 is 1.57 bits per heavy atom. The minimum absolute atomic E-state index is 0.532. The van der Waals surface area contributed by atoms with Crippen molar-refractivity contribution in [3.63, 3.8) is 0 Å². The van der Waals surface area contributed by atoms with Crippen LogP contribution in [-0.4, -0.2) is 7.85 Å². The Labute approximate surface area is 46.7 Å². The van der Waals surface area contributed by atoms with Gasteiger partial charge in [-0.25, -0.2) is 0 Å². The highest BCUT2D eigenvalue weighted by molar-refractivity contribution is 6.14. The Morgan fingerprint density at radius 2 is 2.00 bits per heavy atom. The van der Waals surface area contributed by atoms with Crippen molar-refractivity contribution in [2.24, 2.45) is 11.8 Å². The van der Waals surface area contributed by atoms with Crippen molar-refractivity contribution in [1.82, 2.24) is 0 Å². The third-order valence-corrected chi connectivity index (χ3v) is 2.11. The molecule has 1 aliphatic rings. The molecule has 0 N–H and O–H groups in total. The second-order valence-corrected chi connectivity index (χ2v) is 2.51. The van der Waals surface area contributed by atoms with Gasteiger partial charge in [-0.15, -0.1) is 0 Å². The fraction of sp³-hybridized carbons (Fsp3) is 1.00. The topological polar surface area (TPSA) is 0 Å². The molecule has 0 amide bonds. The summed E-state index contributed by atoms with van der Waals surface area (Å²) in [5, 5.41) is 0. The van der Waals surface area contributed by atoms with E-state index in [1.165, 1.54) is 6.42 Å². The highest BCUT2D eigenvalue weighted by Crippen LogP contribution is 2.50. The molecule has 38 valence electrons. The van der Waals surface area contributed by atoms with Crippen LogP contribution < -0.4 is 0 Å². The maximum Gasteiger partial charge on any atom is 0.0707 e. The lowest BCUT2D eigenvalue weighted by Crippen LogP contribution is -1.70. The normalized spacial score (nSPS) is 49.1. The molecule has 1 heteroatoms. The van der Waals surface area contributed by atoms with Gasteiger partial charge in [-0.1, -0.05) is 26.1 Å². The zero-order chi connectivity index (χ0) is 5.44. The Hall–Kier alpha value is 0.0649. The summed E-state index contributed by atoms with van der Waals surface area (Å²) in [6, 6.07) is 0. The zero-order valence-corrected chi connectivity index (χ0v) is 5.02. The molecule has 7 heavy (non-hydrogen) atoms. The standard InChI is InChI=1S/C6H11B/c1-3-5-4(2)6(5)7/h4-6H,3H2,1-2H3. The first-order chi connectivity index (χ1) is 3.27. The fourth-order valence-corrected chi connectivity index (χ4v) is 1.22. The van der Waals surface area contributed by atoms with Crippen LogP contribution in [0.15, 0.2) is 0 Å². The summed E-state index contributed by atoms with van der Waals surface area (Å²) < 4.78 is 0. The molecule has 0 heterocycles. The molecule has 0 aromatic heterocycles. The van der Waals surface area contributed by atoms with Gasteiger partial charge in [0.1, 0.15) is 0 Å². The molecule has 1 saturated carbocycles. The van der Waals surface area contributed by atoms with E-state index in [0.29, 0.717) is 5.82 Å². The number of rotatable bonds is 1. The second-order valence-electron chi connectivity index (χ2n) is 2.51. The van der Waals surface area contributed by atoms with Crippen LogP contribution in [0.3, 0.4) is 0 Å².